The summed E-state index contributed by atoms with van der Waals surface area (Å²) in [6.07, 6.45) is 1.61. The molecule has 0 amide bonds. The minimum absolute atomic E-state index is 0.0116. The van der Waals surface area contributed by atoms with E-state index < -0.39 is 0 Å². The second-order valence-electron chi connectivity index (χ2n) is 6.81. The predicted octanol–water partition coefficient (Wildman–Crippen LogP) is 1.40. The Morgan fingerprint density at radius 2 is 1.87 bits per heavy atom. The number of aryl methyl sites for hydroxylation is 1. The molecule has 1 aromatic carbocycles. The maximum atomic E-state index is 12.6. The molecule has 156 valence electrons. The van der Waals surface area contributed by atoms with E-state index in [4.69, 9.17) is 34.1 Å². The van der Waals surface area contributed by atoms with Crippen LogP contribution in [0.5, 0.6) is 0 Å². The Hall–Kier alpha value is -3.42. The Morgan fingerprint density at radius 3 is 2.40 bits per heavy atom. The molecule has 0 radical (unpaired) electrons. The van der Waals surface area contributed by atoms with Crippen molar-refractivity contribution in [3.63, 3.8) is 0 Å². The molecular weight excluding hydrogens is 408 g/mol. The summed E-state index contributed by atoms with van der Waals surface area (Å²) in [5, 5.41) is 18.8. The fraction of sp³-hybridized carbons (Fsp3) is 0.316. The molecular formula is C19H21ClN8O2. The summed E-state index contributed by atoms with van der Waals surface area (Å²) in [7, 11) is 0. The maximum Gasteiger partial charge on any atom is 0.263 e. The van der Waals surface area contributed by atoms with Gasteiger partial charge in [-0.15, -0.1) is 0 Å². The molecule has 1 aliphatic rings. The van der Waals surface area contributed by atoms with E-state index >= 15 is 0 Å². The van der Waals surface area contributed by atoms with E-state index in [0.29, 0.717) is 35.2 Å². The molecule has 1 saturated carbocycles. The quantitative estimate of drug-likeness (QED) is 0.468. The molecule has 4 rings (SSSR count). The normalized spacial score (nSPS) is 17.5. The first-order valence-corrected chi connectivity index (χ1v) is 9.60. The Balaban J connectivity index is 0.000000199. The van der Waals surface area contributed by atoms with Crippen LogP contribution in [-0.4, -0.2) is 30.7 Å². The molecule has 1 fully saturated rings. The van der Waals surface area contributed by atoms with Crippen molar-refractivity contribution in [1.82, 2.24) is 19.5 Å². The first kappa shape index (κ1) is 21.3. The summed E-state index contributed by atoms with van der Waals surface area (Å²) in [6, 6.07) is 7.12. The number of nitrogen functional groups attached to an aromatic ring is 3. The highest BCUT2D eigenvalue weighted by molar-refractivity contribution is 6.35. The molecule has 0 saturated heterocycles. The Kier molecular flexibility index (Phi) is 6.05. The van der Waals surface area contributed by atoms with E-state index in [1.807, 2.05) is 13.0 Å². The summed E-state index contributed by atoms with van der Waals surface area (Å²) in [6.45, 7) is 1.98. The first-order valence-electron chi connectivity index (χ1n) is 9.23. The van der Waals surface area contributed by atoms with Gasteiger partial charge in [-0.3, -0.25) is 9.36 Å². The van der Waals surface area contributed by atoms with Crippen LogP contribution in [-0.2, 0) is 6.42 Å². The minimum atomic E-state index is -0.302. The molecule has 11 heteroatoms. The number of anilines is 3. The molecule has 1 aliphatic carbocycles. The number of fused-ring (bicyclic) bond motifs is 1. The summed E-state index contributed by atoms with van der Waals surface area (Å²) >= 11 is 6.12. The van der Waals surface area contributed by atoms with Crippen molar-refractivity contribution in [2.75, 3.05) is 17.2 Å². The average Bonchev–Trinajstić information content (AvgIpc) is 2.66. The van der Waals surface area contributed by atoms with Crippen LogP contribution in [0.2, 0.25) is 5.02 Å². The fourth-order valence-corrected chi connectivity index (χ4v) is 3.52. The molecule has 2 aromatic heterocycles. The van der Waals surface area contributed by atoms with Crippen molar-refractivity contribution in [3.8, 4) is 6.07 Å². The third-order valence-corrected chi connectivity index (χ3v) is 5.13. The van der Waals surface area contributed by atoms with E-state index in [2.05, 4.69) is 15.0 Å². The topological polar surface area (TPSA) is 183 Å². The van der Waals surface area contributed by atoms with Gasteiger partial charge in [0.15, 0.2) is 0 Å². The van der Waals surface area contributed by atoms with Gasteiger partial charge in [0.1, 0.15) is 29.1 Å². The molecule has 0 bridgehead atoms. The van der Waals surface area contributed by atoms with E-state index in [-0.39, 0.29) is 40.9 Å². The smallest absolute Gasteiger partial charge is 0.263 e. The van der Waals surface area contributed by atoms with Crippen LogP contribution < -0.4 is 22.8 Å². The number of nitrogens with two attached hydrogens (primary N) is 3. The number of aromatic nitrogens is 4. The minimum Gasteiger partial charge on any atom is -0.393 e. The van der Waals surface area contributed by atoms with Gasteiger partial charge in [-0.2, -0.15) is 15.2 Å². The summed E-state index contributed by atoms with van der Waals surface area (Å²) in [4.78, 5) is 24.3. The third kappa shape index (κ3) is 3.98. The lowest BCUT2D eigenvalue weighted by atomic mass is 9.89. The van der Waals surface area contributed by atoms with E-state index in [1.165, 1.54) is 0 Å². The van der Waals surface area contributed by atoms with Crippen molar-refractivity contribution < 1.29 is 5.11 Å². The number of nitriles is 1. The van der Waals surface area contributed by atoms with E-state index in [9.17, 15) is 9.90 Å². The standard InChI is InChI=1S/C14H15ClN2O2.C5H6N6/c1-2-12-16-11-5-3-4-10(15)13(11)14(19)17(12)8-6-9(18)7-8;6-1-2-3(7)10-5(9)11-4(2)8/h3-5,8-9,18H,2,6-7H2,1H3;(H6,7,8,9,10,11). The van der Waals surface area contributed by atoms with E-state index in [1.54, 1.807) is 22.8 Å². The highest BCUT2D eigenvalue weighted by atomic mass is 35.5. The van der Waals surface area contributed by atoms with Gasteiger partial charge in [0, 0.05) is 12.5 Å². The first-order chi connectivity index (χ1) is 14.3. The Bertz CT molecular complexity index is 1170. The van der Waals surface area contributed by atoms with Crippen LogP contribution in [0.25, 0.3) is 10.9 Å². The van der Waals surface area contributed by atoms with Crippen molar-refractivity contribution in [1.29, 1.82) is 5.26 Å². The van der Waals surface area contributed by atoms with Crippen molar-refractivity contribution in [2.24, 2.45) is 0 Å². The van der Waals surface area contributed by atoms with Crippen molar-refractivity contribution >= 4 is 40.1 Å². The number of nitrogens with zero attached hydrogens (tertiary/aromatic N) is 5. The number of benzene rings is 1. The van der Waals surface area contributed by atoms with Crippen LogP contribution in [0.3, 0.4) is 0 Å². The molecule has 2 heterocycles. The lowest BCUT2D eigenvalue weighted by Gasteiger charge is -2.34. The zero-order valence-electron chi connectivity index (χ0n) is 16.2. The largest absolute Gasteiger partial charge is 0.393 e. The van der Waals surface area contributed by atoms with Crippen LogP contribution >= 0.6 is 11.6 Å². The fourth-order valence-electron chi connectivity index (χ4n) is 3.27. The lowest BCUT2D eigenvalue weighted by Crippen LogP contribution is -2.38. The summed E-state index contributed by atoms with van der Waals surface area (Å²) < 4.78 is 1.71. The number of halogens is 1. The van der Waals surface area contributed by atoms with Gasteiger partial charge >= 0.3 is 0 Å². The Labute approximate surface area is 176 Å². The number of aliphatic hydroxyl groups is 1. The zero-order chi connectivity index (χ0) is 22.0. The number of aliphatic hydroxyl groups excluding tert-OH is 1. The molecule has 10 nitrogen and oxygen atoms in total. The molecule has 7 N–H and O–H groups in total. The summed E-state index contributed by atoms with van der Waals surface area (Å²) in [5.74, 6) is 0.755. The Morgan fingerprint density at radius 1 is 1.23 bits per heavy atom. The van der Waals surface area contributed by atoms with Gasteiger partial charge in [-0.05, 0) is 25.0 Å². The SMILES string of the molecule is CCc1nc2cccc(Cl)c2c(=O)n1C1CC(O)C1.N#Cc1c(N)nc(N)nc1N. The van der Waals surface area contributed by atoms with Gasteiger partial charge in [-0.1, -0.05) is 24.6 Å². The lowest BCUT2D eigenvalue weighted by molar-refractivity contribution is 0.0457. The monoisotopic (exact) mass is 428 g/mol. The van der Waals surface area contributed by atoms with Gasteiger partial charge in [0.2, 0.25) is 5.95 Å². The molecule has 0 aliphatic heterocycles. The molecule has 0 atom stereocenters. The van der Waals surface area contributed by atoms with Gasteiger partial charge < -0.3 is 22.3 Å². The second-order valence-corrected chi connectivity index (χ2v) is 7.22. The molecule has 30 heavy (non-hydrogen) atoms. The van der Waals surface area contributed by atoms with Crippen molar-refractivity contribution in [2.45, 2.75) is 38.3 Å². The summed E-state index contributed by atoms with van der Waals surface area (Å²) in [5.41, 5.74) is 16.4. The van der Waals surface area contributed by atoms with Gasteiger partial charge in [-0.25, -0.2) is 4.98 Å². The van der Waals surface area contributed by atoms with Crippen molar-refractivity contribution in [3.05, 3.63) is 45.0 Å². The molecule has 0 unspecified atom stereocenters. The molecule has 3 aromatic rings. The highest BCUT2D eigenvalue weighted by Crippen LogP contribution is 2.32. The average molecular weight is 429 g/mol. The van der Waals surface area contributed by atoms with Gasteiger partial charge in [0.25, 0.3) is 5.56 Å². The second kappa shape index (κ2) is 8.52. The predicted molar refractivity (Wildman–Crippen MR) is 115 cm³/mol. The van der Waals surface area contributed by atoms with Gasteiger partial charge in [0.05, 0.1) is 22.0 Å². The third-order valence-electron chi connectivity index (χ3n) is 4.82. The number of hydrogen-bond donors (Lipinski definition) is 4. The molecule has 0 spiro atoms. The maximum absolute atomic E-state index is 12.6. The number of rotatable bonds is 2. The van der Waals surface area contributed by atoms with Crippen LogP contribution in [0.1, 0.15) is 37.2 Å². The van der Waals surface area contributed by atoms with Crippen LogP contribution in [0, 0.1) is 11.3 Å². The zero-order valence-corrected chi connectivity index (χ0v) is 17.0. The van der Waals surface area contributed by atoms with Crippen LogP contribution in [0.4, 0.5) is 17.6 Å². The number of hydrogen-bond acceptors (Lipinski definition) is 9. The highest BCUT2D eigenvalue weighted by Gasteiger charge is 2.31. The van der Waals surface area contributed by atoms with Crippen LogP contribution in [0.15, 0.2) is 23.0 Å². The van der Waals surface area contributed by atoms with E-state index in [0.717, 1.165) is 5.82 Å².